The maximum Gasteiger partial charge on any atom is 0.573 e. The fourth-order valence-corrected chi connectivity index (χ4v) is 3.73. The lowest BCUT2D eigenvalue weighted by molar-refractivity contribution is -0.274. The van der Waals surface area contributed by atoms with E-state index in [1.165, 1.54) is 24.3 Å². The molecule has 0 fully saturated rings. The quantitative estimate of drug-likeness (QED) is 0.645. The zero-order chi connectivity index (χ0) is 22.2. The summed E-state index contributed by atoms with van der Waals surface area (Å²) in [7, 11) is 0. The number of amides is 1. The highest BCUT2D eigenvalue weighted by molar-refractivity contribution is 6.00. The summed E-state index contributed by atoms with van der Waals surface area (Å²) in [5.41, 5.74) is 5.49. The number of pyridine rings is 1. The summed E-state index contributed by atoms with van der Waals surface area (Å²) in [5, 5.41) is 9.15. The van der Waals surface area contributed by atoms with Gasteiger partial charge in [-0.1, -0.05) is 24.3 Å². The fraction of sp³-hybridized carbons (Fsp3) is 0.217. The normalized spacial score (nSPS) is 13.5. The average molecular weight is 428 g/mol. The molecule has 3 aromatic rings. The lowest BCUT2D eigenvalue weighted by Gasteiger charge is -2.16. The molecule has 5 nitrogen and oxygen atoms in total. The topological polar surface area (TPSA) is 62.7 Å². The second kappa shape index (κ2) is 8.03. The SMILES string of the molecule is Cc1cc(-c2ccc(CO)nc2)cc2c1C(=O)N(Cc1ccc(OC(F)(F)F)cc1)C2. The molecule has 0 saturated carbocycles. The van der Waals surface area contributed by atoms with Gasteiger partial charge in [0.25, 0.3) is 5.91 Å². The Morgan fingerprint density at radius 3 is 2.45 bits per heavy atom. The number of aryl methyl sites for hydroxylation is 1. The zero-order valence-corrected chi connectivity index (χ0v) is 16.6. The molecular weight excluding hydrogens is 409 g/mol. The molecule has 0 bridgehead atoms. The third-order valence-corrected chi connectivity index (χ3v) is 5.13. The molecule has 1 amide bonds. The van der Waals surface area contributed by atoms with Crippen LogP contribution in [0.25, 0.3) is 11.1 Å². The number of nitrogens with zero attached hydrogens (tertiary/aromatic N) is 2. The highest BCUT2D eigenvalue weighted by Gasteiger charge is 2.31. The number of hydrogen-bond acceptors (Lipinski definition) is 4. The number of alkyl halides is 3. The van der Waals surface area contributed by atoms with Crippen LogP contribution in [0, 0.1) is 6.92 Å². The van der Waals surface area contributed by atoms with Crippen LogP contribution in [0.2, 0.25) is 0 Å². The van der Waals surface area contributed by atoms with Gasteiger partial charge in [0, 0.05) is 30.4 Å². The molecule has 31 heavy (non-hydrogen) atoms. The number of fused-ring (bicyclic) bond motifs is 1. The molecule has 0 radical (unpaired) electrons. The van der Waals surface area contributed by atoms with E-state index in [1.807, 2.05) is 25.1 Å². The van der Waals surface area contributed by atoms with Crippen LogP contribution in [0.1, 0.15) is 32.7 Å². The third kappa shape index (κ3) is 4.54. The first-order valence-corrected chi connectivity index (χ1v) is 9.57. The van der Waals surface area contributed by atoms with Crippen LogP contribution in [0.5, 0.6) is 5.75 Å². The summed E-state index contributed by atoms with van der Waals surface area (Å²) < 4.78 is 40.8. The van der Waals surface area contributed by atoms with Crippen LogP contribution in [0.3, 0.4) is 0 Å². The molecule has 0 aliphatic carbocycles. The molecule has 0 spiro atoms. The fourth-order valence-electron chi connectivity index (χ4n) is 3.73. The number of hydrogen-bond donors (Lipinski definition) is 1. The van der Waals surface area contributed by atoms with Crippen molar-refractivity contribution in [2.75, 3.05) is 0 Å². The van der Waals surface area contributed by atoms with Crippen LogP contribution in [0.4, 0.5) is 13.2 Å². The van der Waals surface area contributed by atoms with E-state index in [0.717, 1.165) is 22.3 Å². The van der Waals surface area contributed by atoms with Gasteiger partial charge in [-0.2, -0.15) is 0 Å². The monoisotopic (exact) mass is 428 g/mol. The van der Waals surface area contributed by atoms with E-state index in [0.29, 0.717) is 23.4 Å². The van der Waals surface area contributed by atoms with Crippen molar-refractivity contribution >= 4 is 5.91 Å². The van der Waals surface area contributed by atoms with Gasteiger partial charge in [-0.25, -0.2) is 0 Å². The van der Waals surface area contributed by atoms with Crippen molar-refractivity contribution in [3.05, 3.63) is 82.7 Å². The van der Waals surface area contributed by atoms with E-state index in [9.17, 15) is 18.0 Å². The third-order valence-electron chi connectivity index (χ3n) is 5.13. The van der Waals surface area contributed by atoms with Gasteiger partial charge in [-0.15, -0.1) is 13.2 Å². The summed E-state index contributed by atoms with van der Waals surface area (Å²) in [4.78, 5) is 18.8. The van der Waals surface area contributed by atoms with Crippen molar-refractivity contribution in [3.63, 3.8) is 0 Å². The number of halogens is 3. The van der Waals surface area contributed by atoms with Crippen molar-refractivity contribution in [3.8, 4) is 16.9 Å². The van der Waals surface area contributed by atoms with Crippen molar-refractivity contribution in [1.29, 1.82) is 0 Å². The molecule has 0 saturated heterocycles. The summed E-state index contributed by atoms with van der Waals surface area (Å²) in [6.07, 6.45) is -3.05. The largest absolute Gasteiger partial charge is 0.573 e. The molecule has 1 aliphatic heterocycles. The maximum absolute atomic E-state index is 12.9. The highest BCUT2D eigenvalue weighted by Crippen LogP contribution is 2.32. The molecule has 8 heteroatoms. The van der Waals surface area contributed by atoms with E-state index in [2.05, 4.69) is 9.72 Å². The van der Waals surface area contributed by atoms with Crippen LogP contribution < -0.4 is 4.74 Å². The number of benzene rings is 2. The summed E-state index contributed by atoms with van der Waals surface area (Å²) in [6, 6.07) is 13.0. The van der Waals surface area contributed by atoms with E-state index in [1.54, 1.807) is 17.2 Å². The van der Waals surface area contributed by atoms with Gasteiger partial charge in [-0.05, 0) is 53.4 Å². The minimum Gasteiger partial charge on any atom is -0.406 e. The second-order valence-corrected chi connectivity index (χ2v) is 7.38. The van der Waals surface area contributed by atoms with Crippen LogP contribution in [-0.2, 0) is 19.7 Å². The number of rotatable bonds is 5. The Morgan fingerprint density at radius 1 is 1.10 bits per heavy atom. The molecule has 2 heterocycles. The molecule has 4 rings (SSSR count). The van der Waals surface area contributed by atoms with Crippen molar-refractivity contribution in [1.82, 2.24) is 9.88 Å². The smallest absolute Gasteiger partial charge is 0.406 e. The maximum atomic E-state index is 12.9. The zero-order valence-electron chi connectivity index (χ0n) is 16.6. The van der Waals surface area contributed by atoms with Crippen molar-refractivity contribution in [2.24, 2.45) is 0 Å². The first-order valence-electron chi connectivity index (χ1n) is 9.57. The number of carbonyl (C=O) groups excluding carboxylic acids is 1. The van der Waals surface area contributed by atoms with E-state index < -0.39 is 6.36 Å². The Labute approximate surface area is 176 Å². The molecule has 1 aliphatic rings. The number of ether oxygens (including phenoxy) is 1. The van der Waals surface area contributed by atoms with Gasteiger partial charge >= 0.3 is 6.36 Å². The molecule has 2 aromatic carbocycles. The summed E-state index contributed by atoms with van der Waals surface area (Å²) in [6.45, 7) is 2.44. The van der Waals surface area contributed by atoms with Crippen molar-refractivity contribution < 1.29 is 27.8 Å². The average Bonchev–Trinajstić information content (AvgIpc) is 3.04. The minimum absolute atomic E-state index is 0.108. The van der Waals surface area contributed by atoms with Crippen LogP contribution in [0.15, 0.2) is 54.7 Å². The minimum atomic E-state index is -4.74. The van der Waals surface area contributed by atoms with Gasteiger partial charge in [0.15, 0.2) is 0 Å². The Kier molecular flexibility index (Phi) is 5.41. The molecule has 0 atom stereocenters. The van der Waals surface area contributed by atoms with Gasteiger partial charge in [0.05, 0.1) is 12.3 Å². The van der Waals surface area contributed by atoms with E-state index in [4.69, 9.17) is 5.11 Å². The van der Waals surface area contributed by atoms with E-state index >= 15 is 0 Å². The first-order chi connectivity index (χ1) is 14.7. The Bertz CT molecular complexity index is 1110. The van der Waals surface area contributed by atoms with Gasteiger partial charge in [0.1, 0.15) is 5.75 Å². The molecule has 1 aromatic heterocycles. The van der Waals surface area contributed by atoms with Crippen LogP contribution in [-0.4, -0.2) is 27.3 Å². The Hall–Kier alpha value is -3.39. The highest BCUT2D eigenvalue weighted by atomic mass is 19.4. The lowest BCUT2D eigenvalue weighted by Crippen LogP contribution is -2.23. The molecule has 1 N–H and O–H groups in total. The lowest BCUT2D eigenvalue weighted by atomic mass is 9.97. The first kappa shape index (κ1) is 20.9. The molecular formula is C23H19F3N2O3. The second-order valence-electron chi connectivity index (χ2n) is 7.38. The van der Waals surface area contributed by atoms with E-state index in [-0.39, 0.29) is 24.8 Å². The predicted octanol–water partition coefficient (Wildman–Crippen LogP) is 4.60. The number of aliphatic hydroxyl groups is 1. The Morgan fingerprint density at radius 2 is 1.84 bits per heavy atom. The number of aliphatic hydroxyl groups excluding tert-OH is 1. The molecule has 160 valence electrons. The van der Waals surface area contributed by atoms with Gasteiger partial charge in [-0.3, -0.25) is 9.78 Å². The summed E-state index contributed by atoms with van der Waals surface area (Å²) >= 11 is 0. The number of aromatic nitrogens is 1. The van der Waals surface area contributed by atoms with Gasteiger partial charge < -0.3 is 14.7 Å². The molecule has 0 unspecified atom stereocenters. The predicted molar refractivity (Wildman–Crippen MR) is 107 cm³/mol. The van der Waals surface area contributed by atoms with Gasteiger partial charge in [0.2, 0.25) is 0 Å². The number of carbonyl (C=O) groups is 1. The Balaban J connectivity index is 1.52. The standard InChI is InChI=1S/C23H19F3N2O3/c1-14-8-17(16-4-5-19(13-29)27-10-16)9-18-12-28(22(30)21(14)18)11-15-2-6-20(7-3-15)31-23(24,25)26/h2-10,29H,11-13H2,1H3. The summed E-state index contributed by atoms with van der Waals surface area (Å²) in [5.74, 6) is -0.406. The van der Waals surface area contributed by atoms with Crippen molar-refractivity contribution in [2.45, 2.75) is 33.0 Å². The van der Waals surface area contributed by atoms with Crippen LogP contribution >= 0.6 is 0 Å².